The van der Waals surface area contributed by atoms with Crippen molar-refractivity contribution >= 4 is 18.0 Å². The first kappa shape index (κ1) is 14.2. The molecule has 0 atom stereocenters. The van der Waals surface area contributed by atoms with Crippen molar-refractivity contribution in [3.8, 4) is 0 Å². The van der Waals surface area contributed by atoms with E-state index in [0.29, 0.717) is 17.9 Å². The zero-order chi connectivity index (χ0) is 16.0. The Labute approximate surface area is 134 Å². The van der Waals surface area contributed by atoms with E-state index < -0.39 is 0 Å². The van der Waals surface area contributed by atoms with Crippen LogP contribution in [0.4, 0.5) is 5.82 Å². The maximum Gasteiger partial charge on any atom is 0.276 e. The minimum atomic E-state index is -0.0492. The lowest BCUT2D eigenvalue weighted by Crippen LogP contribution is -2.41. The van der Waals surface area contributed by atoms with Crippen molar-refractivity contribution in [1.82, 2.24) is 9.55 Å². The summed E-state index contributed by atoms with van der Waals surface area (Å²) in [5.74, 6) is 0.433. The molecule has 118 valence electrons. The molecule has 5 heteroatoms. The minimum Gasteiger partial charge on any atom is -0.339 e. The van der Waals surface area contributed by atoms with Gasteiger partial charge >= 0.3 is 0 Å². The summed E-state index contributed by atoms with van der Waals surface area (Å²) in [6.07, 6.45) is 6.97. The Morgan fingerprint density at radius 2 is 2.04 bits per heavy atom. The second-order valence-corrected chi connectivity index (χ2v) is 6.30. The molecule has 5 nitrogen and oxygen atoms in total. The predicted octanol–water partition coefficient (Wildman–Crippen LogP) is 2.54. The summed E-state index contributed by atoms with van der Waals surface area (Å²) < 4.78 is 2.17. The molecular weight excluding hydrogens is 290 g/mol. The molecule has 2 aliphatic rings. The molecule has 3 heterocycles. The van der Waals surface area contributed by atoms with Crippen LogP contribution in [0.2, 0.25) is 0 Å². The Balaban J connectivity index is 1.77. The molecule has 4 rings (SSSR count). The zero-order valence-electron chi connectivity index (χ0n) is 13.2. The molecule has 1 amide bonds. The van der Waals surface area contributed by atoms with Gasteiger partial charge in [0.05, 0.1) is 5.56 Å². The fourth-order valence-corrected chi connectivity index (χ4v) is 3.76. The van der Waals surface area contributed by atoms with Crippen LogP contribution in [0.1, 0.15) is 50.5 Å². The number of nitrogens with zero attached hydrogens (tertiary/aromatic N) is 3. The van der Waals surface area contributed by atoms with Gasteiger partial charge in [0.15, 0.2) is 6.29 Å². The van der Waals surface area contributed by atoms with Crippen molar-refractivity contribution in [2.45, 2.75) is 39.2 Å². The number of hydrogen-bond donors (Lipinski definition) is 0. The fraction of sp³-hybridized carbons (Fsp3) is 0.389. The summed E-state index contributed by atoms with van der Waals surface area (Å²) >= 11 is 0. The Morgan fingerprint density at radius 1 is 1.22 bits per heavy atom. The van der Waals surface area contributed by atoms with Gasteiger partial charge in [0.1, 0.15) is 11.5 Å². The number of rotatable bonds is 2. The summed E-state index contributed by atoms with van der Waals surface area (Å²) in [4.78, 5) is 30.3. The van der Waals surface area contributed by atoms with Crippen LogP contribution in [0.3, 0.4) is 0 Å². The number of fused-ring (bicyclic) bond motifs is 3. The molecule has 2 aromatic rings. The monoisotopic (exact) mass is 309 g/mol. The van der Waals surface area contributed by atoms with E-state index in [-0.39, 0.29) is 5.91 Å². The van der Waals surface area contributed by atoms with E-state index in [1.54, 1.807) is 17.2 Å². The van der Waals surface area contributed by atoms with E-state index >= 15 is 0 Å². The van der Waals surface area contributed by atoms with E-state index in [2.05, 4.69) is 9.55 Å². The zero-order valence-corrected chi connectivity index (χ0v) is 13.2. The molecule has 0 N–H and O–H groups in total. The molecule has 1 aliphatic heterocycles. The van der Waals surface area contributed by atoms with Gasteiger partial charge in [-0.2, -0.15) is 0 Å². The van der Waals surface area contributed by atoms with Crippen LogP contribution >= 0.6 is 0 Å². The number of amides is 1. The summed E-state index contributed by atoms with van der Waals surface area (Å²) in [7, 11) is 0. The maximum absolute atomic E-state index is 13.0. The van der Waals surface area contributed by atoms with Crippen LogP contribution < -0.4 is 4.90 Å². The highest BCUT2D eigenvalue weighted by Crippen LogP contribution is 2.30. The SMILES string of the molecule is Cc1ccnc(N2CCn3c(cc4c3CCCC4)C2=O)c1C=O. The molecule has 2 aromatic heterocycles. The van der Waals surface area contributed by atoms with Crippen molar-refractivity contribution in [2.24, 2.45) is 0 Å². The van der Waals surface area contributed by atoms with E-state index in [0.717, 1.165) is 36.9 Å². The second kappa shape index (κ2) is 5.33. The summed E-state index contributed by atoms with van der Waals surface area (Å²) in [6, 6.07) is 3.84. The number of hydrogen-bond acceptors (Lipinski definition) is 3. The standard InChI is InChI=1S/C18H19N3O2/c1-12-6-7-19-17(14(12)11-22)21-9-8-20-15-5-3-2-4-13(15)10-16(20)18(21)23/h6-7,10-11H,2-5,8-9H2,1H3. The van der Waals surface area contributed by atoms with Crippen LogP contribution in [-0.2, 0) is 19.4 Å². The largest absolute Gasteiger partial charge is 0.339 e. The molecule has 0 saturated heterocycles. The van der Waals surface area contributed by atoms with Gasteiger partial charge in [-0.25, -0.2) is 4.98 Å². The second-order valence-electron chi connectivity index (χ2n) is 6.30. The van der Waals surface area contributed by atoms with Crippen molar-refractivity contribution in [2.75, 3.05) is 11.4 Å². The Hall–Kier alpha value is -2.43. The maximum atomic E-state index is 13.0. The molecule has 0 aromatic carbocycles. The number of aldehydes is 1. The minimum absolute atomic E-state index is 0.0492. The molecule has 0 spiro atoms. The van der Waals surface area contributed by atoms with Gasteiger partial charge in [-0.15, -0.1) is 0 Å². The molecule has 0 unspecified atom stereocenters. The number of aryl methyl sites for hydroxylation is 2. The molecule has 23 heavy (non-hydrogen) atoms. The normalized spacial score (nSPS) is 16.9. The van der Waals surface area contributed by atoms with Gasteiger partial charge < -0.3 is 4.57 Å². The highest BCUT2D eigenvalue weighted by atomic mass is 16.2. The predicted molar refractivity (Wildman–Crippen MR) is 87.1 cm³/mol. The van der Waals surface area contributed by atoms with Crippen LogP contribution in [0.25, 0.3) is 0 Å². The van der Waals surface area contributed by atoms with E-state index in [1.807, 2.05) is 13.0 Å². The lowest BCUT2D eigenvalue weighted by molar-refractivity contribution is 0.0963. The average molecular weight is 309 g/mol. The molecule has 0 fully saturated rings. The third kappa shape index (κ3) is 2.11. The van der Waals surface area contributed by atoms with E-state index in [4.69, 9.17) is 0 Å². The third-order valence-electron chi connectivity index (χ3n) is 4.98. The number of pyridine rings is 1. The Morgan fingerprint density at radius 3 is 2.87 bits per heavy atom. The Bertz CT molecular complexity index is 807. The van der Waals surface area contributed by atoms with Gasteiger partial charge in [0.2, 0.25) is 0 Å². The van der Waals surface area contributed by atoms with Gasteiger partial charge in [0.25, 0.3) is 5.91 Å². The summed E-state index contributed by atoms with van der Waals surface area (Å²) in [6.45, 7) is 3.19. The first-order chi connectivity index (χ1) is 11.2. The van der Waals surface area contributed by atoms with E-state index in [9.17, 15) is 9.59 Å². The summed E-state index contributed by atoms with van der Waals surface area (Å²) in [5.41, 5.74) is 4.73. The van der Waals surface area contributed by atoms with Gasteiger partial charge in [-0.3, -0.25) is 14.5 Å². The smallest absolute Gasteiger partial charge is 0.276 e. The van der Waals surface area contributed by atoms with Crippen molar-refractivity contribution in [3.05, 3.63) is 46.4 Å². The van der Waals surface area contributed by atoms with Crippen LogP contribution in [0.15, 0.2) is 18.3 Å². The molecular formula is C18H19N3O2. The highest BCUT2D eigenvalue weighted by molar-refractivity contribution is 6.07. The van der Waals surface area contributed by atoms with E-state index in [1.165, 1.54) is 24.1 Å². The molecule has 0 saturated carbocycles. The first-order valence-corrected chi connectivity index (χ1v) is 8.14. The quantitative estimate of drug-likeness (QED) is 0.801. The summed E-state index contributed by atoms with van der Waals surface area (Å²) in [5, 5.41) is 0. The van der Waals surface area contributed by atoms with Gasteiger partial charge in [-0.05, 0) is 55.9 Å². The third-order valence-corrected chi connectivity index (χ3v) is 4.98. The van der Waals surface area contributed by atoms with Crippen LogP contribution in [0, 0.1) is 6.92 Å². The number of aromatic nitrogens is 2. The van der Waals surface area contributed by atoms with Crippen LogP contribution in [0.5, 0.6) is 0 Å². The number of anilines is 1. The topological polar surface area (TPSA) is 55.2 Å². The van der Waals surface area contributed by atoms with Crippen molar-refractivity contribution in [3.63, 3.8) is 0 Å². The number of carbonyl (C=O) groups excluding carboxylic acids is 2. The van der Waals surface area contributed by atoms with Gasteiger partial charge in [0, 0.05) is 25.0 Å². The highest BCUT2D eigenvalue weighted by Gasteiger charge is 2.31. The Kier molecular flexibility index (Phi) is 3.29. The first-order valence-electron chi connectivity index (χ1n) is 8.14. The van der Waals surface area contributed by atoms with Crippen molar-refractivity contribution < 1.29 is 9.59 Å². The lowest BCUT2D eigenvalue weighted by Gasteiger charge is -2.30. The number of carbonyl (C=O) groups is 2. The fourth-order valence-electron chi connectivity index (χ4n) is 3.76. The van der Waals surface area contributed by atoms with Crippen LogP contribution in [-0.4, -0.2) is 28.3 Å². The molecule has 0 bridgehead atoms. The van der Waals surface area contributed by atoms with Gasteiger partial charge in [-0.1, -0.05) is 0 Å². The lowest BCUT2D eigenvalue weighted by atomic mass is 9.98. The molecule has 0 radical (unpaired) electrons. The van der Waals surface area contributed by atoms with Crippen molar-refractivity contribution in [1.29, 1.82) is 0 Å². The average Bonchev–Trinajstić information content (AvgIpc) is 2.95. The molecule has 1 aliphatic carbocycles.